The van der Waals surface area contributed by atoms with Crippen LogP contribution < -0.4 is 0 Å². The fourth-order valence-corrected chi connectivity index (χ4v) is 1.40. The molecule has 0 spiro atoms. The standard InChI is InChI=1S/C7H11NO3S/c1-6(2)4-11-7-3-8-12(9,10)5-7/h3,5-6H,4H2,1-2H3. The maximum absolute atomic E-state index is 10.7. The van der Waals surface area contributed by atoms with Gasteiger partial charge >= 0.3 is 0 Å². The zero-order valence-electron chi connectivity index (χ0n) is 7.02. The van der Waals surface area contributed by atoms with Crippen molar-refractivity contribution in [1.82, 2.24) is 0 Å². The lowest BCUT2D eigenvalue weighted by molar-refractivity contribution is 0.198. The summed E-state index contributed by atoms with van der Waals surface area (Å²) in [4.78, 5) is 0. The molecule has 1 aliphatic rings. The molecular formula is C7H11NO3S. The number of rotatable bonds is 3. The Morgan fingerprint density at radius 3 is 2.67 bits per heavy atom. The molecular weight excluding hydrogens is 178 g/mol. The normalized spacial score (nSPS) is 19.8. The zero-order valence-corrected chi connectivity index (χ0v) is 7.84. The molecule has 1 heterocycles. The monoisotopic (exact) mass is 189 g/mol. The minimum atomic E-state index is -3.36. The van der Waals surface area contributed by atoms with E-state index < -0.39 is 10.0 Å². The van der Waals surface area contributed by atoms with Crippen LogP contribution in [0.2, 0.25) is 0 Å². The fraction of sp³-hybridized carbons (Fsp3) is 0.571. The van der Waals surface area contributed by atoms with Gasteiger partial charge in [0.25, 0.3) is 10.0 Å². The lowest BCUT2D eigenvalue weighted by Crippen LogP contribution is -2.01. The summed E-state index contributed by atoms with van der Waals surface area (Å²) in [5, 5.41) is 1.02. The predicted octanol–water partition coefficient (Wildman–Crippen LogP) is 0.915. The molecule has 12 heavy (non-hydrogen) atoms. The molecule has 0 aromatic rings. The van der Waals surface area contributed by atoms with Crippen LogP contribution in [0.5, 0.6) is 0 Å². The summed E-state index contributed by atoms with van der Waals surface area (Å²) >= 11 is 0. The van der Waals surface area contributed by atoms with E-state index in [1.165, 1.54) is 6.21 Å². The zero-order chi connectivity index (χ0) is 9.19. The molecule has 0 saturated carbocycles. The first-order valence-electron chi connectivity index (χ1n) is 3.64. The second kappa shape index (κ2) is 3.26. The van der Waals surface area contributed by atoms with E-state index in [0.29, 0.717) is 18.3 Å². The average Bonchev–Trinajstić information content (AvgIpc) is 2.26. The third kappa shape index (κ3) is 2.65. The van der Waals surface area contributed by atoms with Crippen LogP contribution in [0.1, 0.15) is 13.8 Å². The maximum Gasteiger partial charge on any atom is 0.279 e. The van der Waals surface area contributed by atoms with Crippen molar-refractivity contribution >= 4 is 16.2 Å². The number of allylic oxidation sites excluding steroid dienone is 1. The molecule has 0 aromatic heterocycles. The summed E-state index contributed by atoms with van der Waals surface area (Å²) in [6, 6.07) is 0. The largest absolute Gasteiger partial charge is 0.491 e. The van der Waals surface area contributed by atoms with E-state index in [2.05, 4.69) is 4.40 Å². The molecule has 0 bridgehead atoms. The smallest absolute Gasteiger partial charge is 0.279 e. The lowest BCUT2D eigenvalue weighted by Gasteiger charge is -2.05. The molecule has 0 amide bonds. The Kier molecular flexibility index (Phi) is 2.52. The molecule has 0 atom stereocenters. The molecule has 0 saturated heterocycles. The van der Waals surface area contributed by atoms with Gasteiger partial charge in [-0.25, -0.2) is 0 Å². The molecule has 5 heteroatoms. The van der Waals surface area contributed by atoms with Gasteiger partial charge in [-0.05, 0) is 5.92 Å². The van der Waals surface area contributed by atoms with E-state index in [1.54, 1.807) is 0 Å². The van der Waals surface area contributed by atoms with Crippen molar-refractivity contribution in [3.63, 3.8) is 0 Å². The van der Waals surface area contributed by atoms with Crippen LogP contribution in [0.25, 0.3) is 0 Å². The Balaban J connectivity index is 2.53. The Hall–Kier alpha value is -0.840. The van der Waals surface area contributed by atoms with Gasteiger partial charge in [0.1, 0.15) is 0 Å². The second-order valence-corrected chi connectivity index (χ2v) is 4.45. The van der Waals surface area contributed by atoms with Gasteiger partial charge in [0.2, 0.25) is 0 Å². The highest BCUT2D eigenvalue weighted by Gasteiger charge is 2.13. The molecule has 68 valence electrons. The van der Waals surface area contributed by atoms with Crippen LogP contribution in [-0.2, 0) is 14.8 Å². The number of hydrogen-bond donors (Lipinski definition) is 0. The Labute approximate surface area is 72.0 Å². The molecule has 0 aliphatic carbocycles. The first-order chi connectivity index (χ1) is 5.49. The number of ether oxygens (including phenoxy) is 1. The molecule has 0 N–H and O–H groups in total. The molecule has 1 rings (SSSR count). The van der Waals surface area contributed by atoms with Gasteiger partial charge in [-0.15, -0.1) is 0 Å². The summed E-state index contributed by atoms with van der Waals surface area (Å²) in [6.45, 7) is 4.48. The first-order valence-corrected chi connectivity index (χ1v) is 5.15. The van der Waals surface area contributed by atoms with Crippen molar-refractivity contribution in [3.05, 3.63) is 11.2 Å². The van der Waals surface area contributed by atoms with Gasteiger partial charge in [0.05, 0.1) is 18.2 Å². The van der Waals surface area contributed by atoms with Crippen molar-refractivity contribution < 1.29 is 13.2 Å². The number of nitrogens with zero attached hydrogens (tertiary/aromatic N) is 1. The van der Waals surface area contributed by atoms with Crippen LogP contribution in [0.3, 0.4) is 0 Å². The van der Waals surface area contributed by atoms with Crippen LogP contribution in [-0.4, -0.2) is 21.2 Å². The van der Waals surface area contributed by atoms with E-state index >= 15 is 0 Å². The highest BCUT2D eigenvalue weighted by molar-refractivity contribution is 7.93. The number of hydrogen-bond acceptors (Lipinski definition) is 3. The summed E-state index contributed by atoms with van der Waals surface area (Å²) in [6.07, 6.45) is 1.22. The van der Waals surface area contributed by atoms with Crippen molar-refractivity contribution in [2.45, 2.75) is 13.8 Å². The topological polar surface area (TPSA) is 55.7 Å². The van der Waals surface area contributed by atoms with Gasteiger partial charge < -0.3 is 4.74 Å². The summed E-state index contributed by atoms with van der Waals surface area (Å²) in [5.41, 5.74) is 0. The molecule has 1 aliphatic heterocycles. The van der Waals surface area contributed by atoms with Gasteiger partial charge in [-0.3, -0.25) is 0 Å². The fourth-order valence-electron chi connectivity index (χ4n) is 0.667. The highest BCUT2D eigenvalue weighted by atomic mass is 32.2. The van der Waals surface area contributed by atoms with Crippen LogP contribution in [0.15, 0.2) is 15.6 Å². The van der Waals surface area contributed by atoms with Crippen molar-refractivity contribution in [2.75, 3.05) is 6.61 Å². The van der Waals surface area contributed by atoms with Crippen LogP contribution in [0, 0.1) is 5.92 Å². The third-order valence-electron chi connectivity index (χ3n) is 1.18. The van der Waals surface area contributed by atoms with Crippen molar-refractivity contribution in [3.8, 4) is 0 Å². The molecule has 0 aromatic carbocycles. The van der Waals surface area contributed by atoms with E-state index in [9.17, 15) is 8.42 Å². The minimum absolute atomic E-state index is 0.323. The Morgan fingerprint density at radius 2 is 2.25 bits per heavy atom. The lowest BCUT2D eigenvalue weighted by atomic mass is 10.2. The first kappa shape index (κ1) is 9.25. The Bertz CT molecular complexity index is 314. The highest BCUT2D eigenvalue weighted by Crippen LogP contribution is 2.10. The molecule has 0 radical (unpaired) electrons. The van der Waals surface area contributed by atoms with Crippen molar-refractivity contribution in [1.29, 1.82) is 0 Å². The summed E-state index contributed by atoms with van der Waals surface area (Å²) in [7, 11) is -3.36. The van der Waals surface area contributed by atoms with Gasteiger partial charge in [0.15, 0.2) is 5.76 Å². The van der Waals surface area contributed by atoms with Crippen LogP contribution in [0.4, 0.5) is 0 Å². The van der Waals surface area contributed by atoms with E-state index in [-0.39, 0.29) is 0 Å². The van der Waals surface area contributed by atoms with E-state index in [4.69, 9.17) is 4.74 Å². The molecule has 0 unspecified atom stereocenters. The van der Waals surface area contributed by atoms with Gasteiger partial charge in [-0.1, -0.05) is 13.8 Å². The quantitative estimate of drug-likeness (QED) is 0.663. The molecule has 4 nitrogen and oxygen atoms in total. The SMILES string of the molecule is CC(C)COC1=CS(=O)(=O)N=C1. The van der Waals surface area contributed by atoms with Gasteiger partial charge in [-0.2, -0.15) is 12.8 Å². The van der Waals surface area contributed by atoms with E-state index in [0.717, 1.165) is 5.41 Å². The number of sulfonamides is 1. The van der Waals surface area contributed by atoms with E-state index in [1.807, 2.05) is 13.8 Å². The Morgan fingerprint density at radius 1 is 1.58 bits per heavy atom. The van der Waals surface area contributed by atoms with Crippen molar-refractivity contribution in [2.24, 2.45) is 10.3 Å². The summed E-state index contributed by atoms with van der Waals surface area (Å²) in [5.74, 6) is 0.700. The second-order valence-electron chi connectivity index (χ2n) is 2.97. The predicted molar refractivity (Wildman–Crippen MR) is 46.3 cm³/mol. The third-order valence-corrected chi connectivity index (χ3v) is 2.10. The van der Waals surface area contributed by atoms with Gasteiger partial charge in [0, 0.05) is 0 Å². The average molecular weight is 189 g/mol. The molecule has 0 fully saturated rings. The summed E-state index contributed by atoms with van der Waals surface area (Å²) < 4.78 is 29.9. The maximum atomic E-state index is 10.7. The van der Waals surface area contributed by atoms with Crippen LogP contribution >= 0.6 is 0 Å². The minimum Gasteiger partial charge on any atom is -0.491 e.